The van der Waals surface area contributed by atoms with Crippen molar-refractivity contribution in [3.05, 3.63) is 0 Å². The quantitative estimate of drug-likeness (QED) is 0.0442. The Morgan fingerprint density at radius 3 is 1.67 bits per heavy atom. The molecule has 0 bridgehead atoms. The van der Waals surface area contributed by atoms with E-state index in [2.05, 4.69) is 79.4 Å². The Balaban J connectivity index is 2.41. The van der Waals surface area contributed by atoms with Crippen molar-refractivity contribution >= 4 is 6.16 Å². The van der Waals surface area contributed by atoms with Gasteiger partial charge in [0.2, 0.25) is 0 Å². The lowest BCUT2D eigenvalue weighted by Crippen LogP contribution is -2.56. The molecule has 1 heterocycles. The fourth-order valence-corrected chi connectivity index (χ4v) is 7.31. The Morgan fingerprint density at radius 1 is 0.708 bits per heavy atom. The number of hydrogen-bond donors (Lipinski definition) is 0. The number of hydrogen-bond acceptors (Lipinski definition) is 7. The van der Waals surface area contributed by atoms with E-state index >= 15 is 0 Å². The van der Waals surface area contributed by atoms with Gasteiger partial charge < -0.3 is 9.47 Å². The van der Waals surface area contributed by atoms with Gasteiger partial charge in [0, 0.05) is 41.9 Å². The first-order valence-electron chi connectivity index (χ1n) is 20.5. The van der Waals surface area contributed by atoms with Gasteiger partial charge in [-0.15, -0.1) is 0 Å². The van der Waals surface area contributed by atoms with E-state index in [9.17, 15) is 4.79 Å². The fourth-order valence-electron chi connectivity index (χ4n) is 7.31. The first kappa shape index (κ1) is 45.1. The second-order valence-electron chi connectivity index (χ2n) is 16.6. The number of ether oxygens (including phenoxy) is 2. The van der Waals surface area contributed by atoms with Crippen molar-refractivity contribution in [1.82, 2.24) is 10.1 Å². The van der Waals surface area contributed by atoms with Crippen LogP contribution in [0.2, 0.25) is 0 Å². The van der Waals surface area contributed by atoms with Crippen molar-refractivity contribution in [3.63, 3.8) is 0 Å². The Bertz CT molecular complexity index is 802. The number of carbonyl (C=O) groups excluding carboxylic acids is 1. The molecule has 0 N–H and O–H groups in total. The molecular formula is C41H82N2O5. The first-order chi connectivity index (χ1) is 22.8. The molecule has 0 saturated carbocycles. The van der Waals surface area contributed by atoms with Crippen LogP contribution in [0, 0.1) is 0 Å². The van der Waals surface area contributed by atoms with Crippen molar-refractivity contribution in [2.45, 2.75) is 239 Å². The zero-order valence-corrected chi connectivity index (χ0v) is 33.8. The Kier molecular flexibility index (Phi) is 23.6. The number of hydroxylamine groups is 4. The molecule has 1 saturated heterocycles. The van der Waals surface area contributed by atoms with E-state index in [1.165, 1.54) is 103 Å². The minimum absolute atomic E-state index is 0.130. The molecule has 0 spiro atoms. The Morgan fingerprint density at radius 2 is 1.19 bits per heavy atom. The van der Waals surface area contributed by atoms with Crippen LogP contribution in [0.1, 0.15) is 210 Å². The van der Waals surface area contributed by atoms with Gasteiger partial charge in [-0.2, -0.15) is 10.1 Å². The van der Waals surface area contributed by atoms with E-state index in [0.717, 1.165) is 45.3 Å². The molecule has 0 aromatic heterocycles. The van der Waals surface area contributed by atoms with E-state index in [0.29, 0.717) is 13.0 Å². The molecule has 0 radical (unpaired) electrons. The van der Waals surface area contributed by atoms with Gasteiger partial charge >= 0.3 is 6.16 Å². The van der Waals surface area contributed by atoms with Gasteiger partial charge in [-0.3, -0.25) is 9.68 Å². The third kappa shape index (κ3) is 18.9. The first-order valence-corrected chi connectivity index (χ1v) is 20.5. The third-order valence-electron chi connectivity index (χ3n) is 10.4. The lowest BCUT2D eigenvalue weighted by Gasteiger charge is -2.47. The zero-order valence-electron chi connectivity index (χ0n) is 33.8. The molecule has 48 heavy (non-hydrogen) atoms. The summed E-state index contributed by atoms with van der Waals surface area (Å²) in [6.45, 7) is 23.9. The SMILES string of the molecule is CCCCCCCCCCCON1C(C)CC(OC(=O)OCCC(C)(C)N(OCCCCCCCCCCC)C(C)(C)CC)CC1(C)C. The topological polar surface area (TPSA) is 60.5 Å². The maximum atomic E-state index is 12.8. The van der Waals surface area contributed by atoms with Gasteiger partial charge in [-0.05, 0) is 67.7 Å². The maximum Gasteiger partial charge on any atom is 0.508 e. The summed E-state index contributed by atoms with van der Waals surface area (Å²) < 4.78 is 11.5. The van der Waals surface area contributed by atoms with Crippen LogP contribution in [0.15, 0.2) is 0 Å². The van der Waals surface area contributed by atoms with Crippen molar-refractivity contribution in [2.75, 3.05) is 19.8 Å². The van der Waals surface area contributed by atoms with Crippen LogP contribution >= 0.6 is 0 Å². The summed E-state index contributed by atoms with van der Waals surface area (Å²) in [5.74, 6) is 0. The smallest absolute Gasteiger partial charge is 0.434 e. The maximum absolute atomic E-state index is 12.8. The van der Waals surface area contributed by atoms with E-state index in [4.69, 9.17) is 19.1 Å². The summed E-state index contributed by atoms with van der Waals surface area (Å²) in [5, 5.41) is 4.30. The largest absolute Gasteiger partial charge is 0.508 e. The summed E-state index contributed by atoms with van der Waals surface area (Å²) in [5.41, 5.74) is -0.649. The molecule has 1 aliphatic heterocycles. The van der Waals surface area contributed by atoms with E-state index in [1.807, 2.05) is 0 Å². The van der Waals surface area contributed by atoms with Crippen LogP contribution in [0.25, 0.3) is 0 Å². The van der Waals surface area contributed by atoms with Crippen LogP contribution in [0.5, 0.6) is 0 Å². The molecule has 2 atom stereocenters. The number of carbonyl (C=O) groups is 1. The highest BCUT2D eigenvalue weighted by atomic mass is 16.7. The van der Waals surface area contributed by atoms with Gasteiger partial charge in [-0.1, -0.05) is 124 Å². The van der Waals surface area contributed by atoms with Crippen molar-refractivity contribution in [2.24, 2.45) is 0 Å². The minimum Gasteiger partial charge on any atom is -0.434 e. The third-order valence-corrected chi connectivity index (χ3v) is 10.4. The number of rotatable bonds is 29. The molecular weight excluding hydrogens is 600 g/mol. The molecule has 1 aliphatic rings. The van der Waals surface area contributed by atoms with Gasteiger partial charge in [0.15, 0.2) is 0 Å². The van der Waals surface area contributed by atoms with Crippen molar-refractivity contribution < 1.29 is 23.9 Å². The van der Waals surface area contributed by atoms with Crippen molar-refractivity contribution in [3.8, 4) is 0 Å². The fraction of sp³-hybridized carbons (Fsp3) is 0.976. The average Bonchev–Trinajstić information content (AvgIpc) is 3.01. The summed E-state index contributed by atoms with van der Waals surface area (Å²) in [6, 6.07) is 0.164. The predicted molar refractivity (Wildman–Crippen MR) is 202 cm³/mol. The van der Waals surface area contributed by atoms with Gasteiger partial charge in [0.05, 0.1) is 19.8 Å². The summed E-state index contributed by atoms with van der Waals surface area (Å²) >= 11 is 0. The molecule has 7 nitrogen and oxygen atoms in total. The van der Waals surface area contributed by atoms with Crippen LogP contribution < -0.4 is 0 Å². The van der Waals surface area contributed by atoms with E-state index in [1.54, 1.807) is 0 Å². The molecule has 0 aliphatic carbocycles. The standard InChI is InChI=1S/C41H82N2O5/c1-11-14-16-18-20-22-24-26-28-31-46-42-36(4)34-37(35-41(42,9)10)48-38(44)45-33-30-40(7,8)43(39(5,6)13-3)47-32-29-27-25-23-21-19-17-15-12-2/h36-37H,11-35H2,1-10H3. The van der Waals surface area contributed by atoms with Crippen LogP contribution in [-0.4, -0.2) is 64.9 Å². The Labute approximate surface area is 298 Å². The zero-order chi connectivity index (χ0) is 35.9. The molecule has 0 amide bonds. The molecule has 2 unspecified atom stereocenters. The summed E-state index contributed by atoms with van der Waals surface area (Å²) in [7, 11) is 0. The number of unbranched alkanes of at least 4 members (excludes halogenated alkanes) is 16. The highest BCUT2D eigenvalue weighted by Crippen LogP contribution is 2.34. The molecule has 1 rings (SSSR count). The molecule has 7 heteroatoms. The van der Waals surface area contributed by atoms with Gasteiger partial charge in [0.25, 0.3) is 0 Å². The predicted octanol–water partition coefficient (Wildman–Crippen LogP) is 12.4. The minimum atomic E-state index is -0.570. The Hall–Kier alpha value is -0.890. The number of nitrogens with zero attached hydrogens (tertiary/aromatic N) is 2. The molecule has 1 fully saturated rings. The second kappa shape index (κ2) is 25.1. The molecule has 0 aromatic carbocycles. The van der Waals surface area contributed by atoms with Crippen LogP contribution in [0.4, 0.5) is 4.79 Å². The average molecular weight is 683 g/mol. The lowest BCUT2D eigenvalue weighted by molar-refractivity contribution is -0.269. The lowest BCUT2D eigenvalue weighted by atomic mass is 9.87. The van der Waals surface area contributed by atoms with Crippen molar-refractivity contribution in [1.29, 1.82) is 0 Å². The number of piperidine rings is 1. The highest BCUT2D eigenvalue weighted by Gasteiger charge is 2.42. The summed E-state index contributed by atoms with van der Waals surface area (Å²) in [6.07, 6.45) is 25.8. The normalized spacial score (nSPS) is 18.8. The van der Waals surface area contributed by atoms with Gasteiger partial charge in [-0.25, -0.2) is 4.79 Å². The highest BCUT2D eigenvalue weighted by molar-refractivity contribution is 5.60. The van der Waals surface area contributed by atoms with Gasteiger partial charge in [0.1, 0.15) is 6.10 Å². The van der Waals surface area contributed by atoms with E-state index in [-0.39, 0.29) is 28.8 Å². The summed E-state index contributed by atoms with van der Waals surface area (Å²) in [4.78, 5) is 25.6. The van der Waals surface area contributed by atoms with E-state index < -0.39 is 6.16 Å². The molecule has 0 aromatic rings. The van der Waals surface area contributed by atoms with Crippen LogP contribution in [-0.2, 0) is 19.1 Å². The van der Waals surface area contributed by atoms with Crippen LogP contribution in [0.3, 0.4) is 0 Å². The second-order valence-corrected chi connectivity index (χ2v) is 16.6. The monoisotopic (exact) mass is 683 g/mol. The molecule has 286 valence electrons.